The lowest BCUT2D eigenvalue weighted by molar-refractivity contribution is 0.660. The van der Waals surface area contributed by atoms with Gasteiger partial charge in [0.2, 0.25) is 0 Å². The van der Waals surface area contributed by atoms with E-state index in [9.17, 15) is 0 Å². The van der Waals surface area contributed by atoms with Gasteiger partial charge in [0.15, 0.2) is 5.96 Å². The Labute approximate surface area is 148 Å². The molecule has 0 spiro atoms. The normalized spacial score (nSPS) is 12.2. The smallest absolute Gasteiger partial charge is 0.191 e. The number of nitrogens with one attached hydrogen (secondary N) is 2. The Kier molecular flexibility index (Phi) is 6.73. The maximum Gasteiger partial charge on any atom is 0.191 e. The van der Waals surface area contributed by atoms with Crippen molar-refractivity contribution in [2.45, 2.75) is 31.7 Å². The van der Waals surface area contributed by atoms with E-state index in [-0.39, 0.29) is 4.75 Å². The summed E-state index contributed by atoms with van der Waals surface area (Å²) in [7, 11) is 1.80. The molecule has 0 bridgehead atoms. The van der Waals surface area contributed by atoms with Gasteiger partial charge in [-0.2, -0.15) is 16.9 Å². The van der Waals surface area contributed by atoms with Gasteiger partial charge in [-0.1, -0.05) is 24.3 Å². The van der Waals surface area contributed by atoms with Crippen LogP contribution in [0.4, 0.5) is 0 Å². The molecule has 0 unspecified atom stereocenters. The van der Waals surface area contributed by atoms with E-state index in [2.05, 4.69) is 65.1 Å². The zero-order valence-electron chi connectivity index (χ0n) is 14.9. The van der Waals surface area contributed by atoms with Crippen LogP contribution in [0.5, 0.6) is 0 Å². The highest BCUT2D eigenvalue weighted by Crippen LogP contribution is 2.19. The highest BCUT2D eigenvalue weighted by Gasteiger charge is 2.16. The Morgan fingerprint density at radius 2 is 1.96 bits per heavy atom. The number of aromatic nitrogens is 2. The van der Waals surface area contributed by atoms with Gasteiger partial charge in [-0.15, -0.1) is 0 Å². The molecule has 2 rings (SSSR count). The van der Waals surface area contributed by atoms with E-state index < -0.39 is 0 Å². The van der Waals surface area contributed by atoms with E-state index in [4.69, 9.17) is 0 Å². The van der Waals surface area contributed by atoms with Crippen molar-refractivity contribution < 1.29 is 0 Å². The number of benzene rings is 1. The van der Waals surface area contributed by atoms with Crippen LogP contribution in [0.3, 0.4) is 0 Å². The molecule has 1 aromatic carbocycles. The number of nitrogens with zero attached hydrogens (tertiary/aromatic N) is 3. The molecule has 0 radical (unpaired) electrons. The lowest BCUT2D eigenvalue weighted by Gasteiger charge is -2.24. The van der Waals surface area contributed by atoms with Gasteiger partial charge in [-0.25, -0.2) is 0 Å². The molecule has 2 N–H and O–H groups in total. The highest BCUT2D eigenvalue weighted by molar-refractivity contribution is 7.99. The van der Waals surface area contributed by atoms with Crippen molar-refractivity contribution in [1.82, 2.24) is 20.4 Å². The largest absolute Gasteiger partial charge is 0.355 e. The maximum atomic E-state index is 4.31. The molecular formula is C18H27N5S. The summed E-state index contributed by atoms with van der Waals surface area (Å²) in [6, 6.07) is 10.4. The summed E-state index contributed by atoms with van der Waals surface area (Å²) in [5.74, 6) is 0.825. The quantitative estimate of drug-likeness (QED) is 0.598. The fourth-order valence-electron chi connectivity index (χ4n) is 2.22. The molecule has 1 heterocycles. The van der Waals surface area contributed by atoms with E-state index in [1.165, 1.54) is 11.1 Å². The van der Waals surface area contributed by atoms with E-state index in [0.29, 0.717) is 0 Å². The molecule has 5 nitrogen and oxygen atoms in total. The Morgan fingerprint density at radius 3 is 2.58 bits per heavy atom. The first-order valence-electron chi connectivity index (χ1n) is 8.08. The third-order valence-corrected chi connectivity index (χ3v) is 5.16. The lowest BCUT2D eigenvalue weighted by Crippen LogP contribution is -2.43. The zero-order chi connectivity index (χ0) is 17.4. The van der Waals surface area contributed by atoms with Gasteiger partial charge in [-0.3, -0.25) is 9.67 Å². The zero-order valence-corrected chi connectivity index (χ0v) is 15.7. The van der Waals surface area contributed by atoms with Crippen LogP contribution in [0, 0.1) is 0 Å². The molecule has 0 aliphatic rings. The number of guanidine groups is 1. The summed E-state index contributed by atoms with van der Waals surface area (Å²) >= 11 is 1.84. The van der Waals surface area contributed by atoms with Crippen molar-refractivity contribution >= 4 is 17.7 Å². The predicted molar refractivity (Wildman–Crippen MR) is 104 cm³/mol. The maximum absolute atomic E-state index is 4.31. The Balaban J connectivity index is 1.95. The fraction of sp³-hybridized carbons (Fsp3) is 0.444. The van der Waals surface area contributed by atoms with E-state index in [1.54, 1.807) is 13.2 Å². The number of aliphatic imine (C=N–C) groups is 1. The monoisotopic (exact) mass is 345 g/mol. The molecule has 6 heteroatoms. The standard InChI is InChI=1S/C18H27N5S/c1-18(2,24-4)14-21-17(19-3)20-12-15-8-5-6-9-16(15)13-23-11-7-10-22-23/h5-11H,12-14H2,1-4H3,(H2,19,20,21). The Morgan fingerprint density at radius 1 is 1.21 bits per heavy atom. The number of hydrogen-bond acceptors (Lipinski definition) is 3. The van der Waals surface area contributed by atoms with Gasteiger partial charge in [0.05, 0.1) is 6.54 Å². The van der Waals surface area contributed by atoms with Crippen molar-refractivity contribution in [1.29, 1.82) is 0 Å². The van der Waals surface area contributed by atoms with Gasteiger partial charge in [0.25, 0.3) is 0 Å². The predicted octanol–water partition coefficient (Wildman–Crippen LogP) is 2.74. The minimum Gasteiger partial charge on any atom is -0.355 e. The van der Waals surface area contributed by atoms with Gasteiger partial charge in [0, 0.05) is 37.3 Å². The number of thioether (sulfide) groups is 1. The summed E-state index contributed by atoms with van der Waals surface area (Å²) in [6.45, 7) is 6.81. The molecule has 0 aliphatic heterocycles. The minimum atomic E-state index is 0.176. The molecule has 0 saturated heterocycles. The second-order valence-corrected chi connectivity index (χ2v) is 7.73. The third-order valence-electron chi connectivity index (χ3n) is 3.91. The van der Waals surface area contributed by atoms with Gasteiger partial charge < -0.3 is 10.6 Å². The Bertz CT molecular complexity index is 649. The van der Waals surface area contributed by atoms with Crippen molar-refractivity contribution in [2.75, 3.05) is 19.8 Å². The van der Waals surface area contributed by atoms with Crippen molar-refractivity contribution in [3.05, 3.63) is 53.9 Å². The average Bonchev–Trinajstić information content (AvgIpc) is 3.09. The van der Waals surface area contributed by atoms with Crippen LogP contribution in [0.15, 0.2) is 47.7 Å². The second kappa shape index (κ2) is 8.78. The van der Waals surface area contributed by atoms with Crippen molar-refractivity contribution in [3.8, 4) is 0 Å². The minimum absolute atomic E-state index is 0.176. The van der Waals surface area contributed by atoms with Crippen LogP contribution in [0.2, 0.25) is 0 Å². The molecule has 0 fully saturated rings. The summed E-state index contributed by atoms with van der Waals surface area (Å²) < 4.78 is 2.11. The van der Waals surface area contributed by atoms with Crippen LogP contribution >= 0.6 is 11.8 Å². The van der Waals surface area contributed by atoms with Crippen LogP contribution in [-0.2, 0) is 13.1 Å². The van der Waals surface area contributed by atoms with E-state index >= 15 is 0 Å². The Hall–Kier alpha value is -1.95. The van der Waals surface area contributed by atoms with E-state index in [0.717, 1.165) is 25.6 Å². The first-order chi connectivity index (χ1) is 11.5. The van der Waals surface area contributed by atoms with Crippen molar-refractivity contribution in [3.63, 3.8) is 0 Å². The van der Waals surface area contributed by atoms with Crippen LogP contribution < -0.4 is 10.6 Å². The number of hydrogen-bond donors (Lipinski definition) is 2. The first kappa shape index (κ1) is 18.4. The molecule has 0 atom stereocenters. The molecule has 130 valence electrons. The molecule has 1 aromatic heterocycles. The van der Waals surface area contributed by atoms with Crippen LogP contribution in [0.1, 0.15) is 25.0 Å². The topological polar surface area (TPSA) is 54.2 Å². The molecule has 0 saturated carbocycles. The summed E-state index contributed by atoms with van der Waals surface area (Å²) in [4.78, 5) is 4.31. The molecule has 24 heavy (non-hydrogen) atoms. The summed E-state index contributed by atoms with van der Waals surface area (Å²) in [6.07, 6.45) is 5.92. The summed E-state index contributed by atoms with van der Waals surface area (Å²) in [5, 5.41) is 11.1. The van der Waals surface area contributed by atoms with Crippen LogP contribution in [0.25, 0.3) is 0 Å². The fourth-order valence-corrected chi connectivity index (χ4v) is 2.44. The molecular weight excluding hydrogens is 318 g/mol. The second-order valence-electron chi connectivity index (χ2n) is 6.22. The molecule has 2 aromatic rings. The first-order valence-corrected chi connectivity index (χ1v) is 9.30. The van der Waals surface area contributed by atoms with E-state index in [1.807, 2.05) is 28.7 Å². The van der Waals surface area contributed by atoms with Gasteiger partial charge in [0.1, 0.15) is 0 Å². The number of rotatable bonds is 7. The third kappa shape index (κ3) is 5.60. The summed E-state index contributed by atoms with van der Waals surface area (Å²) in [5.41, 5.74) is 2.51. The highest BCUT2D eigenvalue weighted by atomic mass is 32.2. The molecule has 0 amide bonds. The van der Waals surface area contributed by atoms with Crippen molar-refractivity contribution in [2.24, 2.45) is 4.99 Å². The average molecular weight is 346 g/mol. The SMILES string of the molecule is CN=C(NCc1ccccc1Cn1cccn1)NCC(C)(C)SC. The van der Waals surface area contributed by atoms with Gasteiger partial charge in [-0.05, 0) is 37.3 Å². The van der Waals surface area contributed by atoms with Crippen LogP contribution in [-0.4, -0.2) is 40.3 Å². The molecule has 0 aliphatic carbocycles. The lowest BCUT2D eigenvalue weighted by atomic mass is 10.1. The van der Waals surface area contributed by atoms with Gasteiger partial charge >= 0.3 is 0 Å².